The van der Waals surface area contributed by atoms with Gasteiger partial charge in [0.15, 0.2) is 11.6 Å². The molecule has 0 bridgehead atoms. The number of hydrogen-bond donors (Lipinski definition) is 0. The molecule has 0 aliphatic heterocycles. The van der Waals surface area contributed by atoms with Crippen LogP contribution in [0.15, 0.2) is 18.2 Å². The molecule has 0 heterocycles. The van der Waals surface area contributed by atoms with Gasteiger partial charge < -0.3 is 0 Å². The van der Waals surface area contributed by atoms with E-state index in [-0.39, 0.29) is 11.6 Å². The van der Waals surface area contributed by atoms with Crippen molar-refractivity contribution in [1.82, 2.24) is 0 Å². The minimum absolute atomic E-state index is 0.0683. The molecule has 0 saturated carbocycles. The summed E-state index contributed by atoms with van der Waals surface area (Å²) < 4.78 is 0. The van der Waals surface area contributed by atoms with Gasteiger partial charge >= 0.3 is 0 Å². The van der Waals surface area contributed by atoms with Gasteiger partial charge in [0.2, 0.25) is 0 Å². The van der Waals surface area contributed by atoms with E-state index in [2.05, 4.69) is 0 Å². The van der Waals surface area contributed by atoms with Crippen molar-refractivity contribution in [3.63, 3.8) is 0 Å². The van der Waals surface area contributed by atoms with E-state index in [1.165, 1.54) is 25.1 Å². The first-order chi connectivity index (χ1) is 7.08. The lowest BCUT2D eigenvalue weighted by molar-refractivity contribution is 0.0988. The number of aldehydes is 1. The molecule has 3 heteroatoms. The molecule has 0 atom stereocenters. The zero-order valence-corrected chi connectivity index (χ0v) is 8.74. The van der Waals surface area contributed by atoms with Gasteiger partial charge in [0, 0.05) is 23.1 Å². The normalized spacial score (nSPS) is 9.73. The first kappa shape index (κ1) is 11.3. The number of rotatable bonds is 4. The van der Waals surface area contributed by atoms with E-state index in [4.69, 9.17) is 0 Å². The number of Topliss-reactive ketones (excluding diaryl/α,β-unsaturated/α-hetero) is 2. The van der Waals surface area contributed by atoms with Crippen LogP contribution in [0.25, 0.3) is 0 Å². The highest BCUT2D eigenvalue weighted by molar-refractivity contribution is 6.02. The molecule has 0 aliphatic carbocycles. The molecule has 0 fully saturated rings. The predicted molar refractivity (Wildman–Crippen MR) is 56.5 cm³/mol. The number of benzene rings is 1. The maximum absolute atomic E-state index is 11.4. The number of carbonyl (C=O) groups is 3. The van der Waals surface area contributed by atoms with Crippen molar-refractivity contribution in [2.24, 2.45) is 0 Å². The van der Waals surface area contributed by atoms with Gasteiger partial charge in [-0.05, 0) is 25.1 Å². The van der Waals surface area contributed by atoms with Gasteiger partial charge in [0.1, 0.15) is 6.29 Å². The van der Waals surface area contributed by atoms with Crippen LogP contribution in [-0.4, -0.2) is 17.9 Å². The smallest absolute Gasteiger partial charge is 0.162 e. The van der Waals surface area contributed by atoms with Crippen molar-refractivity contribution >= 4 is 17.9 Å². The molecule has 0 unspecified atom stereocenters. The number of ketones is 2. The third kappa shape index (κ3) is 2.59. The zero-order chi connectivity index (χ0) is 11.4. The number of hydrogen-bond acceptors (Lipinski definition) is 3. The largest absolute Gasteiger partial charge is 0.298 e. The highest BCUT2D eigenvalue weighted by Crippen LogP contribution is 2.11. The predicted octanol–water partition coefficient (Wildman–Crippen LogP) is 2.29. The summed E-state index contributed by atoms with van der Waals surface area (Å²) in [5.41, 5.74) is 1.18. The standard InChI is InChI=1S/C12H12O3/c1-3-12(15)11-5-9(7-13)4-10(6-11)8(2)14/h4-7H,3H2,1-2H3. The number of carbonyl (C=O) groups excluding carboxylic acids is 3. The fourth-order valence-corrected chi connectivity index (χ4v) is 1.29. The first-order valence-corrected chi connectivity index (χ1v) is 4.73. The molecule has 0 saturated heterocycles. The third-order valence-corrected chi connectivity index (χ3v) is 2.14. The summed E-state index contributed by atoms with van der Waals surface area (Å²) in [6, 6.07) is 4.52. The lowest BCUT2D eigenvalue weighted by Crippen LogP contribution is -2.02. The van der Waals surface area contributed by atoms with E-state index < -0.39 is 0 Å². The highest BCUT2D eigenvalue weighted by atomic mass is 16.1. The van der Waals surface area contributed by atoms with Crippen molar-refractivity contribution < 1.29 is 14.4 Å². The van der Waals surface area contributed by atoms with E-state index in [0.717, 1.165) is 0 Å². The summed E-state index contributed by atoms with van der Waals surface area (Å²) in [5.74, 6) is -0.218. The Labute approximate surface area is 88.1 Å². The van der Waals surface area contributed by atoms with Crippen molar-refractivity contribution in [2.75, 3.05) is 0 Å². The van der Waals surface area contributed by atoms with Crippen LogP contribution in [0, 0.1) is 0 Å². The van der Waals surface area contributed by atoms with Crippen LogP contribution in [0.3, 0.4) is 0 Å². The molecule has 0 amide bonds. The molecule has 0 radical (unpaired) electrons. The summed E-state index contributed by atoms with van der Waals surface area (Å²) in [4.78, 5) is 33.2. The topological polar surface area (TPSA) is 51.2 Å². The summed E-state index contributed by atoms with van der Waals surface area (Å²) in [6.07, 6.45) is 0.999. The molecular weight excluding hydrogens is 192 g/mol. The Hall–Kier alpha value is -1.77. The van der Waals surface area contributed by atoms with E-state index in [1.807, 2.05) is 0 Å². The second-order valence-corrected chi connectivity index (χ2v) is 3.29. The molecule has 0 aliphatic rings. The van der Waals surface area contributed by atoms with Crippen molar-refractivity contribution in [3.8, 4) is 0 Å². The molecule has 78 valence electrons. The fourth-order valence-electron chi connectivity index (χ4n) is 1.29. The Bertz CT molecular complexity index is 419. The minimum atomic E-state index is -0.149. The Balaban J connectivity index is 3.28. The maximum Gasteiger partial charge on any atom is 0.162 e. The lowest BCUT2D eigenvalue weighted by Gasteiger charge is -2.02. The maximum atomic E-state index is 11.4. The Kier molecular flexibility index (Phi) is 3.50. The molecule has 0 spiro atoms. The molecule has 1 aromatic rings. The van der Waals surface area contributed by atoms with Gasteiger partial charge in [-0.1, -0.05) is 6.92 Å². The molecule has 1 aromatic carbocycles. The molecule has 1 rings (SSSR count). The van der Waals surface area contributed by atoms with Crippen LogP contribution in [0.5, 0.6) is 0 Å². The average molecular weight is 204 g/mol. The summed E-state index contributed by atoms with van der Waals surface area (Å²) >= 11 is 0. The monoisotopic (exact) mass is 204 g/mol. The van der Waals surface area contributed by atoms with E-state index in [1.54, 1.807) is 6.92 Å². The first-order valence-electron chi connectivity index (χ1n) is 4.73. The van der Waals surface area contributed by atoms with Gasteiger partial charge in [0.05, 0.1) is 0 Å². The van der Waals surface area contributed by atoms with Gasteiger partial charge in [-0.25, -0.2) is 0 Å². The van der Waals surface area contributed by atoms with Gasteiger partial charge in [-0.15, -0.1) is 0 Å². The van der Waals surface area contributed by atoms with Gasteiger partial charge in [-0.2, -0.15) is 0 Å². The van der Waals surface area contributed by atoms with Crippen molar-refractivity contribution in [1.29, 1.82) is 0 Å². The van der Waals surface area contributed by atoms with Crippen molar-refractivity contribution in [2.45, 2.75) is 20.3 Å². The highest BCUT2D eigenvalue weighted by Gasteiger charge is 2.08. The lowest BCUT2D eigenvalue weighted by atomic mass is 10.0. The molecular formula is C12H12O3. The van der Waals surface area contributed by atoms with Gasteiger partial charge in [-0.3, -0.25) is 14.4 Å². The van der Waals surface area contributed by atoms with Crippen LogP contribution in [0.4, 0.5) is 0 Å². The zero-order valence-electron chi connectivity index (χ0n) is 8.74. The van der Waals surface area contributed by atoms with E-state index in [9.17, 15) is 14.4 Å². The van der Waals surface area contributed by atoms with Gasteiger partial charge in [0.25, 0.3) is 0 Å². The SMILES string of the molecule is CCC(=O)c1cc(C=O)cc(C(C)=O)c1. The molecule has 15 heavy (non-hydrogen) atoms. The fraction of sp³-hybridized carbons (Fsp3) is 0.250. The van der Waals surface area contributed by atoms with Crippen molar-refractivity contribution in [3.05, 3.63) is 34.9 Å². The Morgan fingerprint density at radius 2 is 1.80 bits per heavy atom. The van der Waals surface area contributed by atoms with Crippen LogP contribution < -0.4 is 0 Å². The molecule has 3 nitrogen and oxygen atoms in total. The van der Waals surface area contributed by atoms with E-state index in [0.29, 0.717) is 29.4 Å². The Morgan fingerprint density at radius 3 is 2.27 bits per heavy atom. The Morgan fingerprint density at radius 1 is 1.20 bits per heavy atom. The quantitative estimate of drug-likeness (QED) is 0.558. The molecule has 0 aromatic heterocycles. The average Bonchev–Trinajstić information content (AvgIpc) is 2.27. The third-order valence-electron chi connectivity index (χ3n) is 2.14. The second kappa shape index (κ2) is 4.64. The second-order valence-electron chi connectivity index (χ2n) is 3.29. The summed E-state index contributed by atoms with van der Waals surface area (Å²) in [7, 11) is 0. The van der Waals surface area contributed by atoms with Crippen LogP contribution in [0.2, 0.25) is 0 Å². The van der Waals surface area contributed by atoms with Crippen LogP contribution in [0.1, 0.15) is 51.3 Å². The minimum Gasteiger partial charge on any atom is -0.298 e. The van der Waals surface area contributed by atoms with Crippen LogP contribution in [-0.2, 0) is 0 Å². The van der Waals surface area contributed by atoms with Crippen LogP contribution >= 0.6 is 0 Å². The summed E-state index contributed by atoms with van der Waals surface area (Å²) in [6.45, 7) is 3.15. The van der Waals surface area contributed by atoms with E-state index >= 15 is 0 Å². The molecule has 0 N–H and O–H groups in total. The summed E-state index contributed by atoms with van der Waals surface area (Å²) in [5, 5.41) is 0.